The third-order valence-corrected chi connectivity index (χ3v) is 5.92. The molecule has 0 aliphatic carbocycles. The summed E-state index contributed by atoms with van der Waals surface area (Å²) in [6, 6.07) is 16.2. The quantitative estimate of drug-likeness (QED) is 0.584. The molecule has 2 amide bonds. The van der Waals surface area contributed by atoms with E-state index < -0.39 is 0 Å². The van der Waals surface area contributed by atoms with Crippen molar-refractivity contribution >= 4 is 34.4 Å². The Bertz CT molecular complexity index is 976. The molecule has 3 aromatic rings. The van der Waals surface area contributed by atoms with E-state index in [1.54, 1.807) is 11.3 Å². The first-order valence-electron chi connectivity index (χ1n) is 9.46. The minimum Gasteiger partial charge on any atom is -0.359 e. The molecule has 142 valence electrons. The van der Waals surface area contributed by atoms with Gasteiger partial charge in [0.2, 0.25) is 0 Å². The second-order valence-electron chi connectivity index (χ2n) is 7.09. The van der Waals surface area contributed by atoms with Crippen LogP contribution in [0.3, 0.4) is 0 Å². The summed E-state index contributed by atoms with van der Waals surface area (Å²) < 4.78 is 0. The van der Waals surface area contributed by atoms with Crippen molar-refractivity contribution in [2.24, 2.45) is 0 Å². The smallest absolute Gasteiger partial charge is 0.322 e. The first-order chi connectivity index (χ1) is 13.8. The zero-order valence-corrected chi connectivity index (χ0v) is 16.1. The van der Waals surface area contributed by atoms with Crippen molar-refractivity contribution in [3.8, 4) is 0 Å². The molecule has 2 aliphatic rings. The van der Waals surface area contributed by atoms with E-state index in [0.29, 0.717) is 0 Å². The third-order valence-electron chi connectivity index (χ3n) is 5.32. The fourth-order valence-corrected chi connectivity index (χ4v) is 4.53. The number of fused-ring (bicyclic) bond motifs is 1. The fraction of sp³-hybridized carbons (Fsp3) is 0.238. The molecule has 28 heavy (non-hydrogen) atoms. The van der Waals surface area contributed by atoms with Crippen LogP contribution in [0.1, 0.15) is 36.3 Å². The van der Waals surface area contributed by atoms with E-state index in [9.17, 15) is 4.79 Å². The number of anilines is 3. The van der Waals surface area contributed by atoms with E-state index in [4.69, 9.17) is 0 Å². The highest BCUT2D eigenvalue weighted by molar-refractivity contribution is 7.07. The van der Waals surface area contributed by atoms with Gasteiger partial charge in [-0.1, -0.05) is 30.3 Å². The Morgan fingerprint density at radius 1 is 1.14 bits per heavy atom. The van der Waals surface area contributed by atoms with E-state index in [-0.39, 0.29) is 18.2 Å². The molecule has 0 spiro atoms. The average molecular weight is 392 g/mol. The summed E-state index contributed by atoms with van der Waals surface area (Å²) in [7, 11) is 0. The molecule has 1 aromatic heterocycles. The monoisotopic (exact) mass is 391 g/mol. The van der Waals surface area contributed by atoms with E-state index >= 15 is 0 Å². The van der Waals surface area contributed by atoms with Gasteiger partial charge < -0.3 is 20.9 Å². The SMILES string of the molecule is O=C(Nc1ccc2c(c1)NC(c1cscn1)N2)N1CCCC1c1ccccc1. The summed E-state index contributed by atoms with van der Waals surface area (Å²) in [5.41, 5.74) is 6.76. The van der Waals surface area contributed by atoms with Gasteiger partial charge in [-0.3, -0.25) is 0 Å². The van der Waals surface area contributed by atoms with E-state index in [0.717, 1.165) is 42.1 Å². The van der Waals surface area contributed by atoms with Crippen LogP contribution in [-0.4, -0.2) is 22.5 Å². The van der Waals surface area contributed by atoms with Crippen molar-refractivity contribution in [1.82, 2.24) is 9.88 Å². The number of nitrogens with zero attached hydrogens (tertiary/aromatic N) is 2. The van der Waals surface area contributed by atoms with Crippen LogP contribution < -0.4 is 16.0 Å². The minimum atomic E-state index is -0.0479. The van der Waals surface area contributed by atoms with Gasteiger partial charge in [0.25, 0.3) is 0 Å². The standard InChI is InChI=1S/C21H21N5OS/c27-21(26-10-4-7-19(26)14-5-2-1-3-6-14)23-15-8-9-16-17(11-15)25-20(24-16)18-12-28-13-22-18/h1-3,5-6,8-9,11-13,19-20,24-25H,4,7,10H2,(H,23,27). The Morgan fingerprint density at radius 3 is 2.82 bits per heavy atom. The Balaban J connectivity index is 1.29. The van der Waals surface area contributed by atoms with Crippen LogP contribution in [0.5, 0.6) is 0 Å². The number of aromatic nitrogens is 1. The number of carbonyl (C=O) groups is 1. The Hall–Kier alpha value is -3.06. The van der Waals surface area contributed by atoms with Crippen molar-refractivity contribution < 1.29 is 4.79 Å². The summed E-state index contributed by atoms with van der Waals surface area (Å²) >= 11 is 1.58. The number of benzene rings is 2. The molecule has 0 saturated carbocycles. The zero-order chi connectivity index (χ0) is 18.9. The van der Waals surface area contributed by atoms with Crippen LogP contribution in [0.15, 0.2) is 59.4 Å². The normalized spacial score (nSPS) is 20.4. The van der Waals surface area contributed by atoms with Crippen LogP contribution in [0.25, 0.3) is 0 Å². The molecule has 0 radical (unpaired) electrons. The van der Waals surface area contributed by atoms with Crippen molar-refractivity contribution in [2.45, 2.75) is 25.0 Å². The van der Waals surface area contributed by atoms with Crippen molar-refractivity contribution in [2.75, 3.05) is 22.5 Å². The van der Waals surface area contributed by atoms with Crippen molar-refractivity contribution in [1.29, 1.82) is 0 Å². The molecule has 1 saturated heterocycles. The first kappa shape index (κ1) is 17.1. The second kappa shape index (κ2) is 7.16. The molecule has 2 aliphatic heterocycles. The molecule has 2 aromatic carbocycles. The van der Waals surface area contributed by atoms with Gasteiger partial charge in [0.1, 0.15) is 6.17 Å². The maximum Gasteiger partial charge on any atom is 0.322 e. The number of carbonyl (C=O) groups excluding carboxylic acids is 1. The molecule has 3 heterocycles. The summed E-state index contributed by atoms with van der Waals surface area (Å²) in [6.07, 6.45) is 1.99. The van der Waals surface area contributed by atoms with E-state index in [1.165, 1.54) is 5.56 Å². The molecular formula is C21H21N5OS. The van der Waals surface area contributed by atoms with Gasteiger partial charge in [0.05, 0.1) is 28.6 Å². The van der Waals surface area contributed by atoms with Gasteiger partial charge in [-0.05, 0) is 36.6 Å². The van der Waals surface area contributed by atoms with Gasteiger partial charge in [-0.15, -0.1) is 11.3 Å². The molecule has 1 fully saturated rings. The van der Waals surface area contributed by atoms with Gasteiger partial charge >= 0.3 is 6.03 Å². The summed E-state index contributed by atoms with van der Waals surface area (Å²) in [4.78, 5) is 19.2. The number of amides is 2. The number of rotatable bonds is 3. The summed E-state index contributed by atoms with van der Waals surface area (Å²) in [5, 5.41) is 11.9. The Labute approximate surface area is 167 Å². The predicted octanol–water partition coefficient (Wildman–Crippen LogP) is 5.05. The Kier molecular flexibility index (Phi) is 4.37. The van der Waals surface area contributed by atoms with Crippen LogP contribution in [-0.2, 0) is 0 Å². The molecule has 7 heteroatoms. The predicted molar refractivity (Wildman–Crippen MR) is 113 cm³/mol. The number of urea groups is 1. The average Bonchev–Trinajstić information content (AvgIpc) is 3.47. The highest BCUT2D eigenvalue weighted by Gasteiger charge is 2.30. The zero-order valence-electron chi connectivity index (χ0n) is 15.3. The topological polar surface area (TPSA) is 69.3 Å². The molecule has 0 bridgehead atoms. The molecule has 6 nitrogen and oxygen atoms in total. The fourth-order valence-electron chi connectivity index (χ4n) is 3.95. The van der Waals surface area contributed by atoms with Gasteiger partial charge in [-0.2, -0.15) is 0 Å². The molecule has 3 N–H and O–H groups in total. The molecular weight excluding hydrogens is 370 g/mol. The maximum absolute atomic E-state index is 12.9. The highest BCUT2D eigenvalue weighted by Crippen LogP contribution is 2.37. The number of hydrogen-bond donors (Lipinski definition) is 3. The van der Waals surface area contributed by atoms with Crippen LogP contribution in [0.4, 0.5) is 21.9 Å². The lowest BCUT2D eigenvalue weighted by Gasteiger charge is -2.25. The lowest BCUT2D eigenvalue weighted by atomic mass is 10.1. The van der Waals surface area contributed by atoms with Gasteiger partial charge in [0, 0.05) is 17.6 Å². The van der Waals surface area contributed by atoms with Crippen LogP contribution in [0.2, 0.25) is 0 Å². The third kappa shape index (κ3) is 3.18. The van der Waals surface area contributed by atoms with Crippen LogP contribution in [0, 0.1) is 0 Å². The van der Waals surface area contributed by atoms with E-state index in [2.05, 4.69) is 33.1 Å². The lowest BCUT2D eigenvalue weighted by molar-refractivity contribution is 0.207. The first-order valence-corrected chi connectivity index (χ1v) is 10.4. The molecule has 2 unspecified atom stereocenters. The van der Waals surface area contributed by atoms with Gasteiger partial charge in [-0.25, -0.2) is 9.78 Å². The van der Waals surface area contributed by atoms with E-state index in [1.807, 2.05) is 52.2 Å². The largest absolute Gasteiger partial charge is 0.359 e. The molecule has 5 rings (SSSR count). The minimum absolute atomic E-state index is 0.0340. The van der Waals surface area contributed by atoms with Crippen molar-refractivity contribution in [3.63, 3.8) is 0 Å². The highest BCUT2D eigenvalue weighted by atomic mass is 32.1. The second-order valence-corrected chi connectivity index (χ2v) is 7.81. The number of hydrogen-bond acceptors (Lipinski definition) is 5. The Morgan fingerprint density at radius 2 is 2.00 bits per heavy atom. The number of thiazole rings is 1. The summed E-state index contributed by atoms with van der Waals surface area (Å²) in [6.45, 7) is 0.780. The molecule has 2 atom stereocenters. The lowest BCUT2D eigenvalue weighted by Crippen LogP contribution is -2.34. The number of nitrogens with one attached hydrogen (secondary N) is 3. The summed E-state index contributed by atoms with van der Waals surface area (Å²) in [5.74, 6) is 0. The maximum atomic E-state index is 12.9. The van der Waals surface area contributed by atoms with Crippen LogP contribution >= 0.6 is 11.3 Å². The number of likely N-dealkylation sites (tertiary alicyclic amines) is 1. The van der Waals surface area contributed by atoms with Gasteiger partial charge in [0.15, 0.2) is 0 Å². The van der Waals surface area contributed by atoms with Crippen molar-refractivity contribution in [3.05, 3.63) is 70.7 Å².